The highest BCUT2D eigenvalue weighted by Gasteiger charge is 2.34. The summed E-state index contributed by atoms with van der Waals surface area (Å²) < 4.78 is 30.0. The van der Waals surface area contributed by atoms with Crippen LogP contribution < -0.4 is 9.62 Å². The van der Waals surface area contributed by atoms with Crippen LogP contribution in [0, 0.1) is 6.92 Å². The Labute approximate surface area is 266 Å². The van der Waals surface area contributed by atoms with Crippen LogP contribution in [0.5, 0.6) is 0 Å². The molecular weight excluding hydrogens is 650 g/mol. The first kappa shape index (κ1) is 32.3. The number of rotatable bonds is 12. The average molecular weight is 683 g/mol. The number of sulfonamides is 1. The zero-order valence-electron chi connectivity index (χ0n) is 23.9. The Morgan fingerprint density at radius 2 is 1.56 bits per heavy atom. The predicted molar refractivity (Wildman–Crippen MR) is 174 cm³/mol. The molecule has 0 bridgehead atoms. The second kappa shape index (κ2) is 14.7. The van der Waals surface area contributed by atoms with Gasteiger partial charge in [-0.25, -0.2) is 8.42 Å². The van der Waals surface area contributed by atoms with Crippen molar-refractivity contribution in [1.29, 1.82) is 0 Å². The van der Waals surface area contributed by atoms with E-state index in [4.69, 9.17) is 11.6 Å². The summed E-state index contributed by atoms with van der Waals surface area (Å²) in [5.41, 5.74) is 2.78. The molecule has 2 amide bonds. The van der Waals surface area contributed by atoms with E-state index in [-0.39, 0.29) is 29.5 Å². The first-order chi connectivity index (χ1) is 20.6. The number of likely N-dealkylation sites (N-methyl/N-ethyl adjacent to an activating group) is 1. The molecule has 0 unspecified atom stereocenters. The molecule has 0 spiro atoms. The van der Waals surface area contributed by atoms with E-state index in [0.29, 0.717) is 11.6 Å². The Morgan fingerprint density at radius 3 is 2.21 bits per heavy atom. The smallest absolute Gasteiger partial charge is 0.264 e. The normalized spacial score (nSPS) is 11.9. The van der Waals surface area contributed by atoms with Gasteiger partial charge in [0.05, 0.1) is 10.6 Å². The van der Waals surface area contributed by atoms with Gasteiger partial charge in [0.25, 0.3) is 10.0 Å². The predicted octanol–water partition coefficient (Wildman–Crippen LogP) is 6.38. The molecule has 1 N–H and O–H groups in total. The molecule has 0 aliphatic heterocycles. The van der Waals surface area contributed by atoms with Crippen LogP contribution in [0.2, 0.25) is 5.02 Å². The Hall–Kier alpha value is -3.66. The van der Waals surface area contributed by atoms with Crippen LogP contribution in [0.15, 0.2) is 112 Å². The maximum Gasteiger partial charge on any atom is 0.264 e. The van der Waals surface area contributed by atoms with Gasteiger partial charge >= 0.3 is 0 Å². The van der Waals surface area contributed by atoms with E-state index in [2.05, 4.69) is 21.2 Å². The topological polar surface area (TPSA) is 86.8 Å². The fourth-order valence-electron chi connectivity index (χ4n) is 4.68. The van der Waals surface area contributed by atoms with Crippen molar-refractivity contribution in [2.45, 2.75) is 37.8 Å². The summed E-state index contributed by atoms with van der Waals surface area (Å²) in [7, 11) is -4.19. The van der Waals surface area contributed by atoms with Crippen molar-refractivity contribution in [1.82, 2.24) is 10.2 Å². The summed E-state index contributed by atoms with van der Waals surface area (Å²) >= 11 is 9.76. The molecular formula is C33H33BrClN3O4S. The van der Waals surface area contributed by atoms with Crippen LogP contribution in [0.25, 0.3) is 0 Å². The molecule has 0 aliphatic carbocycles. The molecule has 0 saturated carbocycles. The van der Waals surface area contributed by atoms with Gasteiger partial charge in [0.15, 0.2) is 0 Å². The molecule has 0 radical (unpaired) electrons. The first-order valence-corrected chi connectivity index (χ1v) is 16.4. The van der Waals surface area contributed by atoms with Crippen molar-refractivity contribution in [3.8, 4) is 0 Å². The van der Waals surface area contributed by atoms with Crippen molar-refractivity contribution in [2.75, 3.05) is 17.4 Å². The summed E-state index contributed by atoms with van der Waals surface area (Å²) in [6.45, 7) is 3.59. The molecule has 0 saturated heterocycles. The Kier molecular flexibility index (Phi) is 11.0. The minimum Gasteiger partial charge on any atom is -0.355 e. The van der Waals surface area contributed by atoms with E-state index < -0.39 is 28.5 Å². The molecule has 224 valence electrons. The number of nitrogens with one attached hydrogen (secondary N) is 1. The third-order valence-corrected chi connectivity index (χ3v) is 9.36. The van der Waals surface area contributed by atoms with Crippen molar-refractivity contribution in [2.24, 2.45) is 0 Å². The number of amides is 2. The van der Waals surface area contributed by atoms with E-state index in [9.17, 15) is 18.0 Å². The number of halogens is 2. The summed E-state index contributed by atoms with van der Waals surface area (Å²) in [5.74, 6) is -0.867. The van der Waals surface area contributed by atoms with Crippen molar-refractivity contribution in [3.05, 3.63) is 129 Å². The van der Waals surface area contributed by atoms with E-state index in [1.807, 2.05) is 68.4 Å². The Morgan fingerprint density at radius 1 is 0.884 bits per heavy atom. The van der Waals surface area contributed by atoms with E-state index in [1.165, 1.54) is 23.1 Å². The van der Waals surface area contributed by atoms with Crippen molar-refractivity contribution in [3.63, 3.8) is 0 Å². The molecule has 0 heterocycles. The van der Waals surface area contributed by atoms with Crippen LogP contribution in [-0.4, -0.2) is 44.3 Å². The van der Waals surface area contributed by atoms with Crippen LogP contribution in [-0.2, 0) is 32.6 Å². The highest BCUT2D eigenvalue weighted by molar-refractivity contribution is 9.10. The lowest BCUT2D eigenvalue weighted by molar-refractivity contribution is -0.140. The summed E-state index contributed by atoms with van der Waals surface area (Å²) in [6, 6.07) is 28.8. The van der Waals surface area contributed by atoms with Gasteiger partial charge in [0, 0.05) is 29.0 Å². The van der Waals surface area contributed by atoms with E-state index >= 15 is 0 Å². The third kappa shape index (κ3) is 8.46. The molecule has 4 aromatic rings. The molecule has 10 heteroatoms. The lowest BCUT2D eigenvalue weighted by atomic mass is 10.0. The fraction of sp³-hybridized carbons (Fsp3) is 0.212. The molecule has 1 atom stereocenters. The number of hydrogen-bond acceptors (Lipinski definition) is 4. The minimum atomic E-state index is -4.19. The highest BCUT2D eigenvalue weighted by atomic mass is 79.9. The largest absolute Gasteiger partial charge is 0.355 e. The van der Waals surface area contributed by atoms with Crippen LogP contribution in [0.4, 0.5) is 5.69 Å². The SMILES string of the molecule is CCNC(=O)[C@@H](Cc1ccccc1)N(Cc1cccc(Br)c1)C(=O)CN(c1cccc(Cl)c1)S(=O)(=O)c1ccc(C)cc1. The maximum atomic E-state index is 14.4. The summed E-state index contributed by atoms with van der Waals surface area (Å²) in [6.07, 6.45) is 0.244. The molecule has 4 aromatic carbocycles. The monoisotopic (exact) mass is 681 g/mol. The highest BCUT2D eigenvalue weighted by Crippen LogP contribution is 2.27. The number of benzene rings is 4. The van der Waals surface area contributed by atoms with Gasteiger partial charge in [-0.15, -0.1) is 0 Å². The minimum absolute atomic E-state index is 0.0361. The molecule has 0 fully saturated rings. The van der Waals surface area contributed by atoms with Gasteiger partial charge in [-0.2, -0.15) is 0 Å². The number of aryl methyl sites for hydroxylation is 1. The van der Waals surface area contributed by atoms with Gasteiger partial charge < -0.3 is 10.2 Å². The molecule has 4 rings (SSSR count). The van der Waals surface area contributed by atoms with Crippen LogP contribution in [0.1, 0.15) is 23.6 Å². The quantitative estimate of drug-likeness (QED) is 0.188. The van der Waals surface area contributed by atoms with Gasteiger partial charge in [-0.3, -0.25) is 13.9 Å². The first-order valence-electron chi connectivity index (χ1n) is 13.8. The van der Waals surface area contributed by atoms with E-state index in [0.717, 1.165) is 25.5 Å². The summed E-state index contributed by atoms with van der Waals surface area (Å²) in [5, 5.41) is 3.18. The standard InChI is InChI=1S/C33H33BrClN3O4S/c1-3-36-33(40)31(20-25-9-5-4-6-10-25)37(22-26-11-7-12-27(34)19-26)32(39)23-38(29-14-8-13-28(35)21-29)43(41,42)30-17-15-24(2)16-18-30/h4-19,21,31H,3,20,22-23H2,1-2H3,(H,36,40)/t31-/m1/s1. The van der Waals surface area contributed by atoms with Gasteiger partial charge in [-0.05, 0) is 67.4 Å². The summed E-state index contributed by atoms with van der Waals surface area (Å²) in [4.78, 5) is 29.4. The zero-order chi connectivity index (χ0) is 31.0. The second-order valence-corrected chi connectivity index (χ2v) is 13.3. The fourth-order valence-corrected chi connectivity index (χ4v) is 6.71. The van der Waals surface area contributed by atoms with Crippen molar-refractivity contribution >= 4 is 55.1 Å². The Bertz CT molecular complexity index is 1670. The van der Waals surface area contributed by atoms with Gasteiger partial charge in [0.1, 0.15) is 12.6 Å². The molecule has 0 aliphatic rings. The number of carbonyl (C=O) groups is 2. The molecule has 43 heavy (non-hydrogen) atoms. The number of nitrogens with zero attached hydrogens (tertiary/aromatic N) is 2. The van der Waals surface area contributed by atoms with Gasteiger partial charge in [-0.1, -0.05) is 93.8 Å². The lowest BCUT2D eigenvalue weighted by Crippen LogP contribution is -2.53. The Balaban J connectivity index is 1.80. The number of anilines is 1. The lowest BCUT2D eigenvalue weighted by Gasteiger charge is -2.34. The average Bonchev–Trinajstić information content (AvgIpc) is 2.98. The number of carbonyl (C=O) groups excluding carboxylic acids is 2. The molecule has 7 nitrogen and oxygen atoms in total. The van der Waals surface area contributed by atoms with E-state index in [1.54, 1.807) is 30.3 Å². The maximum absolute atomic E-state index is 14.4. The van der Waals surface area contributed by atoms with Crippen LogP contribution >= 0.6 is 27.5 Å². The zero-order valence-corrected chi connectivity index (χ0v) is 27.1. The number of hydrogen-bond donors (Lipinski definition) is 1. The third-order valence-electron chi connectivity index (χ3n) is 6.85. The second-order valence-electron chi connectivity index (χ2n) is 10.1. The van der Waals surface area contributed by atoms with Crippen LogP contribution in [0.3, 0.4) is 0 Å². The molecule has 0 aromatic heterocycles. The van der Waals surface area contributed by atoms with Gasteiger partial charge in [0.2, 0.25) is 11.8 Å². The van der Waals surface area contributed by atoms with Crippen molar-refractivity contribution < 1.29 is 18.0 Å².